The highest BCUT2D eigenvalue weighted by atomic mass is 35.5. The van der Waals surface area contributed by atoms with Crippen LogP contribution in [0.5, 0.6) is 0 Å². The van der Waals surface area contributed by atoms with Gasteiger partial charge in [0, 0.05) is 12.2 Å². The molecule has 0 radical (unpaired) electrons. The molecule has 0 spiro atoms. The molecule has 1 aromatic rings. The van der Waals surface area contributed by atoms with Crippen LogP contribution in [0.1, 0.15) is 24.5 Å². The molecule has 0 aliphatic carbocycles. The monoisotopic (exact) mass is 325 g/mol. The molecule has 0 saturated carbocycles. The summed E-state index contributed by atoms with van der Waals surface area (Å²) in [5, 5.41) is 6.33. The van der Waals surface area contributed by atoms with Crippen LogP contribution in [-0.2, 0) is 11.2 Å². The molecule has 1 aliphatic rings. The lowest BCUT2D eigenvalue weighted by Crippen LogP contribution is -2.33. The van der Waals surface area contributed by atoms with Crippen molar-refractivity contribution in [2.75, 3.05) is 38.5 Å². The molecule has 1 aromatic carbocycles. The summed E-state index contributed by atoms with van der Waals surface area (Å²) in [6, 6.07) is 6.18. The Hall–Kier alpha value is -1.10. The molecular formula is C17H28ClN3O. The van der Waals surface area contributed by atoms with Crippen molar-refractivity contribution in [1.29, 1.82) is 0 Å². The summed E-state index contributed by atoms with van der Waals surface area (Å²) in [7, 11) is 1.99. The highest BCUT2D eigenvalue weighted by molar-refractivity contribution is 5.93. The Balaban J connectivity index is 0.00000242. The third kappa shape index (κ3) is 4.97. The first-order valence-electron chi connectivity index (χ1n) is 7.89. The third-order valence-corrected chi connectivity index (χ3v) is 4.23. The van der Waals surface area contributed by atoms with Crippen LogP contribution in [-0.4, -0.2) is 44.0 Å². The van der Waals surface area contributed by atoms with Crippen LogP contribution < -0.4 is 10.6 Å². The average molecular weight is 326 g/mol. The van der Waals surface area contributed by atoms with E-state index in [1.165, 1.54) is 12.0 Å². The van der Waals surface area contributed by atoms with E-state index in [1.54, 1.807) is 0 Å². The van der Waals surface area contributed by atoms with Gasteiger partial charge < -0.3 is 10.6 Å². The van der Waals surface area contributed by atoms with E-state index in [9.17, 15) is 4.79 Å². The molecule has 2 rings (SSSR count). The Morgan fingerprint density at radius 1 is 1.41 bits per heavy atom. The van der Waals surface area contributed by atoms with Crippen molar-refractivity contribution >= 4 is 24.0 Å². The van der Waals surface area contributed by atoms with Crippen LogP contribution in [0, 0.1) is 12.8 Å². The quantitative estimate of drug-likeness (QED) is 0.844. The van der Waals surface area contributed by atoms with E-state index in [4.69, 9.17) is 0 Å². The fraction of sp³-hybridized carbons (Fsp3) is 0.588. The van der Waals surface area contributed by atoms with Crippen molar-refractivity contribution in [2.24, 2.45) is 5.92 Å². The molecule has 1 amide bonds. The van der Waals surface area contributed by atoms with Crippen molar-refractivity contribution < 1.29 is 4.79 Å². The van der Waals surface area contributed by atoms with E-state index in [1.807, 2.05) is 26.1 Å². The molecule has 1 unspecified atom stereocenters. The first-order valence-corrected chi connectivity index (χ1v) is 7.89. The second-order valence-corrected chi connectivity index (χ2v) is 5.96. The van der Waals surface area contributed by atoms with Gasteiger partial charge in [0.2, 0.25) is 5.91 Å². The second-order valence-electron chi connectivity index (χ2n) is 5.96. The van der Waals surface area contributed by atoms with Crippen LogP contribution in [0.3, 0.4) is 0 Å². The second kappa shape index (κ2) is 9.13. The van der Waals surface area contributed by atoms with E-state index < -0.39 is 0 Å². The van der Waals surface area contributed by atoms with Crippen molar-refractivity contribution in [3.63, 3.8) is 0 Å². The Morgan fingerprint density at radius 2 is 2.18 bits per heavy atom. The summed E-state index contributed by atoms with van der Waals surface area (Å²) >= 11 is 0. The third-order valence-electron chi connectivity index (χ3n) is 4.23. The lowest BCUT2D eigenvalue weighted by atomic mass is 10.1. The lowest BCUT2D eigenvalue weighted by Gasteiger charge is -2.18. The highest BCUT2D eigenvalue weighted by Crippen LogP contribution is 2.21. The largest absolute Gasteiger partial charge is 0.324 e. The summed E-state index contributed by atoms with van der Waals surface area (Å²) < 4.78 is 0. The van der Waals surface area contributed by atoms with Gasteiger partial charge in [-0.3, -0.25) is 9.69 Å². The van der Waals surface area contributed by atoms with Crippen molar-refractivity contribution in [3.8, 4) is 0 Å². The van der Waals surface area contributed by atoms with Gasteiger partial charge in [0.15, 0.2) is 0 Å². The molecule has 0 aromatic heterocycles. The number of nitrogens with zero attached hydrogens (tertiary/aromatic N) is 1. The van der Waals surface area contributed by atoms with Crippen LogP contribution in [0.4, 0.5) is 5.69 Å². The van der Waals surface area contributed by atoms with Crippen LogP contribution in [0.15, 0.2) is 18.2 Å². The lowest BCUT2D eigenvalue weighted by molar-refractivity contribution is -0.117. The van der Waals surface area contributed by atoms with Gasteiger partial charge in [-0.25, -0.2) is 0 Å². The maximum absolute atomic E-state index is 12.3. The number of anilines is 1. The number of para-hydroxylation sites is 1. The number of hydrogen-bond acceptors (Lipinski definition) is 3. The predicted octanol–water partition coefficient (Wildman–Crippen LogP) is 2.46. The molecule has 1 heterocycles. The smallest absolute Gasteiger partial charge is 0.238 e. The first kappa shape index (κ1) is 18.9. The van der Waals surface area contributed by atoms with Crippen LogP contribution in [0.25, 0.3) is 0 Å². The van der Waals surface area contributed by atoms with Gasteiger partial charge in [0.1, 0.15) is 0 Å². The van der Waals surface area contributed by atoms with E-state index in [0.717, 1.165) is 37.3 Å². The summed E-state index contributed by atoms with van der Waals surface area (Å²) in [5.74, 6) is 0.775. The zero-order valence-electron chi connectivity index (χ0n) is 13.8. The van der Waals surface area contributed by atoms with Gasteiger partial charge in [-0.2, -0.15) is 0 Å². The maximum Gasteiger partial charge on any atom is 0.238 e. The topological polar surface area (TPSA) is 44.4 Å². The van der Waals surface area contributed by atoms with Crippen LogP contribution in [0.2, 0.25) is 0 Å². The standard InChI is InChI=1S/C17H27N3O.ClH/c1-4-15-7-5-6-13(2)17(15)19-16(21)12-20-9-8-14(11-20)10-18-3;/h5-7,14,18H,4,8-12H2,1-3H3,(H,19,21);1H. The number of benzene rings is 1. The molecule has 1 fully saturated rings. The number of halogens is 1. The number of nitrogens with one attached hydrogen (secondary N) is 2. The summed E-state index contributed by atoms with van der Waals surface area (Å²) in [6.45, 7) is 7.74. The Bertz CT molecular complexity index is 493. The Morgan fingerprint density at radius 3 is 2.86 bits per heavy atom. The van der Waals surface area contributed by atoms with Crippen molar-refractivity contribution in [2.45, 2.75) is 26.7 Å². The highest BCUT2D eigenvalue weighted by Gasteiger charge is 2.23. The Kier molecular flexibility index (Phi) is 7.87. The zero-order valence-corrected chi connectivity index (χ0v) is 14.6. The average Bonchev–Trinajstić information content (AvgIpc) is 2.88. The molecule has 4 nitrogen and oxygen atoms in total. The molecular weight excluding hydrogens is 298 g/mol. The number of amides is 1. The molecule has 1 atom stereocenters. The summed E-state index contributed by atoms with van der Waals surface area (Å²) in [6.07, 6.45) is 2.12. The fourth-order valence-corrected chi connectivity index (χ4v) is 3.10. The van der Waals surface area contributed by atoms with Gasteiger partial charge in [-0.1, -0.05) is 25.1 Å². The van der Waals surface area contributed by atoms with Crippen molar-refractivity contribution in [3.05, 3.63) is 29.3 Å². The molecule has 0 bridgehead atoms. The van der Waals surface area contributed by atoms with E-state index in [0.29, 0.717) is 12.5 Å². The normalized spacial score (nSPS) is 18.0. The van der Waals surface area contributed by atoms with E-state index in [-0.39, 0.29) is 18.3 Å². The van der Waals surface area contributed by atoms with Gasteiger partial charge in [0.05, 0.1) is 6.54 Å². The number of aryl methyl sites for hydroxylation is 2. The van der Waals surface area contributed by atoms with Gasteiger partial charge in [0.25, 0.3) is 0 Å². The molecule has 5 heteroatoms. The predicted molar refractivity (Wildman–Crippen MR) is 94.9 cm³/mol. The summed E-state index contributed by atoms with van der Waals surface area (Å²) in [4.78, 5) is 14.5. The SMILES string of the molecule is CCc1cccc(C)c1NC(=O)CN1CCC(CNC)C1.Cl. The maximum atomic E-state index is 12.3. The van der Waals surface area contributed by atoms with Crippen LogP contribution >= 0.6 is 12.4 Å². The van der Waals surface area contributed by atoms with E-state index >= 15 is 0 Å². The minimum Gasteiger partial charge on any atom is -0.324 e. The van der Waals surface area contributed by atoms with Gasteiger partial charge in [-0.15, -0.1) is 12.4 Å². The van der Waals surface area contributed by atoms with Gasteiger partial charge >= 0.3 is 0 Å². The minimum atomic E-state index is 0. The number of likely N-dealkylation sites (tertiary alicyclic amines) is 1. The van der Waals surface area contributed by atoms with Gasteiger partial charge in [-0.05, 0) is 56.9 Å². The fourth-order valence-electron chi connectivity index (χ4n) is 3.10. The number of carbonyl (C=O) groups is 1. The number of carbonyl (C=O) groups excluding carboxylic acids is 1. The molecule has 1 saturated heterocycles. The summed E-state index contributed by atoms with van der Waals surface area (Å²) in [5.41, 5.74) is 3.34. The number of rotatable bonds is 6. The van der Waals surface area contributed by atoms with E-state index in [2.05, 4.69) is 28.5 Å². The molecule has 22 heavy (non-hydrogen) atoms. The van der Waals surface area contributed by atoms with Crippen molar-refractivity contribution in [1.82, 2.24) is 10.2 Å². The molecule has 2 N–H and O–H groups in total. The first-order chi connectivity index (χ1) is 10.1. The number of hydrogen-bond donors (Lipinski definition) is 2. The zero-order chi connectivity index (χ0) is 15.2. The molecule has 124 valence electrons. The Labute approximate surface area is 140 Å². The minimum absolute atomic E-state index is 0. The molecule has 1 aliphatic heterocycles.